The molecule has 5 heteroatoms. The standard InChI is InChI=1S/C18H27FN2O2/c1-13(2)17(10-14-5-7-16(19)8-6-14)20-18(23)21-9-3-4-15(11-21)12-22/h5-8,13,15,17,22H,3-4,9-12H2,1-2H3,(H,20,23)/t15-,17-/m0/s1. The first kappa shape index (κ1) is 17.7. The molecule has 0 aliphatic carbocycles. The molecule has 2 amide bonds. The first-order chi connectivity index (χ1) is 11.0. The number of nitrogens with one attached hydrogen (secondary N) is 1. The van der Waals surface area contributed by atoms with E-state index in [0.717, 1.165) is 24.9 Å². The number of carbonyl (C=O) groups is 1. The van der Waals surface area contributed by atoms with Crippen molar-refractivity contribution in [3.05, 3.63) is 35.6 Å². The summed E-state index contributed by atoms with van der Waals surface area (Å²) in [6.45, 7) is 5.63. The Morgan fingerprint density at radius 1 is 1.39 bits per heavy atom. The number of aliphatic hydroxyl groups excluding tert-OH is 1. The average molecular weight is 322 g/mol. The lowest BCUT2D eigenvalue weighted by Gasteiger charge is -2.34. The highest BCUT2D eigenvalue weighted by molar-refractivity contribution is 5.74. The molecule has 0 radical (unpaired) electrons. The Balaban J connectivity index is 1.95. The molecule has 1 aliphatic rings. The van der Waals surface area contributed by atoms with E-state index in [1.807, 2.05) is 0 Å². The number of halogens is 1. The molecule has 23 heavy (non-hydrogen) atoms. The zero-order valence-corrected chi connectivity index (χ0v) is 14.0. The van der Waals surface area contributed by atoms with Crippen molar-refractivity contribution in [3.8, 4) is 0 Å². The zero-order chi connectivity index (χ0) is 16.8. The Morgan fingerprint density at radius 2 is 2.09 bits per heavy atom. The van der Waals surface area contributed by atoms with Crippen molar-refractivity contribution in [2.75, 3.05) is 19.7 Å². The summed E-state index contributed by atoms with van der Waals surface area (Å²) >= 11 is 0. The molecule has 0 unspecified atom stereocenters. The second-order valence-corrected chi connectivity index (χ2v) is 6.77. The number of amides is 2. The maximum atomic E-state index is 13.0. The summed E-state index contributed by atoms with van der Waals surface area (Å²) < 4.78 is 13.0. The van der Waals surface area contributed by atoms with Crippen LogP contribution in [0, 0.1) is 17.7 Å². The fourth-order valence-electron chi connectivity index (χ4n) is 2.98. The van der Waals surface area contributed by atoms with Crippen LogP contribution in [-0.2, 0) is 6.42 Å². The fourth-order valence-corrected chi connectivity index (χ4v) is 2.98. The van der Waals surface area contributed by atoms with Crippen LogP contribution in [0.2, 0.25) is 0 Å². The molecular formula is C18H27FN2O2. The van der Waals surface area contributed by atoms with Crippen molar-refractivity contribution >= 4 is 6.03 Å². The van der Waals surface area contributed by atoms with Gasteiger partial charge in [0.25, 0.3) is 0 Å². The number of carbonyl (C=O) groups excluding carboxylic acids is 1. The minimum absolute atomic E-state index is 0.00228. The van der Waals surface area contributed by atoms with Gasteiger partial charge in [-0.3, -0.25) is 0 Å². The van der Waals surface area contributed by atoms with Gasteiger partial charge in [-0.05, 0) is 48.8 Å². The van der Waals surface area contributed by atoms with E-state index in [9.17, 15) is 14.3 Å². The van der Waals surface area contributed by atoms with Crippen LogP contribution in [0.5, 0.6) is 0 Å². The predicted octanol–water partition coefficient (Wildman–Crippen LogP) is 2.81. The predicted molar refractivity (Wildman–Crippen MR) is 88.6 cm³/mol. The third kappa shape index (κ3) is 5.20. The molecule has 1 fully saturated rings. The van der Waals surface area contributed by atoms with Gasteiger partial charge >= 0.3 is 6.03 Å². The summed E-state index contributed by atoms with van der Waals surface area (Å²) in [6, 6.07) is 6.36. The van der Waals surface area contributed by atoms with Crippen LogP contribution in [0.25, 0.3) is 0 Å². The number of hydrogen-bond acceptors (Lipinski definition) is 2. The first-order valence-corrected chi connectivity index (χ1v) is 8.40. The van der Waals surface area contributed by atoms with Gasteiger partial charge in [0.1, 0.15) is 5.82 Å². The number of hydrogen-bond donors (Lipinski definition) is 2. The van der Waals surface area contributed by atoms with Crippen molar-refractivity contribution in [1.29, 1.82) is 0 Å². The zero-order valence-electron chi connectivity index (χ0n) is 14.0. The summed E-state index contributed by atoms with van der Waals surface area (Å²) in [7, 11) is 0. The van der Waals surface area contributed by atoms with Crippen molar-refractivity contribution < 1.29 is 14.3 Å². The molecule has 1 heterocycles. The molecule has 1 aromatic carbocycles. The van der Waals surface area contributed by atoms with Crippen molar-refractivity contribution in [3.63, 3.8) is 0 Å². The quantitative estimate of drug-likeness (QED) is 0.876. The Bertz CT molecular complexity index is 504. The highest BCUT2D eigenvalue weighted by atomic mass is 19.1. The highest BCUT2D eigenvalue weighted by Crippen LogP contribution is 2.17. The molecule has 128 valence electrons. The molecule has 0 bridgehead atoms. The number of urea groups is 1. The van der Waals surface area contributed by atoms with Crippen LogP contribution in [0.15, 0.2) is 24.3 Å². The van der Waals surface area contributed by atoms with Crippen molar-refractivity contribution in [2.45, 2.75) is 39.2 Å². The Labute approximate surface area is 137 Å². The molecular weight excluding hydrogens is 295 g/mol. The molecule has 2 rings (SSSR count). The van der Waals surface area contributed by atoms with Gasteiger partial charge in [-0.1, -0.05) is 26.0 Å². The topological polar surface area (TPSA) is 52.6 Å². The SMILES string of the molecule is CC(C)[C@H](Cc1ccc(F)cc1)NC(=O)N1CCC[C@H](CO)C1. The van der Waals surface area contributed by atoms with Crippen molar-refractivity contribution in [2.24, 2.45) is 11.8 Å². The van der Waals surface area contributed by atoms with Crippen LogP contribution in [0.1, 0.15) is 32.3 Å². The fraction of sp³-hybridized carbons (Fsp3) is 0.611. The van der Waals surface area contributed by atoms with E-state index in [-0.39, 0.29) is 36.3 Å². The summed E-state index contributed by atoms with van der Waals surface area (Å²) in [6.07, 6.45) is 2.59. The maximum absolute atomic E-state index is 13.0. The minimum atomic E-state index is -0.248. The Morgan fingerprint density at radius 3 is 2.70 bits per heavy atom. The van der Waals surface area contributed by atoms with Gasteiger partial charge in [0, 0.05) is 25.7 Å². The van der Waals surface area contributed by atoms with E-state index in [1.165, 1.54) is 12.1 Å². The summed E-state index contributed by atoms with van der Waals surface area (Å²) in [4.78, 5) is 14.3. The minimum Gasteiger partial charge on any atom is -0.396 e. The van der Waals surface area contributed by atoms with Gasteiger partial charge in [0.15, 0.2) is 0 Å². The Kier molecular flexibility index (Phi) is 6.39. The van der Waals surface area contributed by atoms with E-state index in [4.69, 9.17) is 0 Å². The van der Waals surface area contributed by atoms with Gasteiger partial charge in [0.2, 0.25) is 0 Å². The molecule has 2 N–H and O–H groups in total. The third-order valence-electron chi connectivity index (χ3n) is 4.55. The van der Waals surface area contributed by atoms with Crippen LogP contribution in [0.4, 0.5) is 9.18 Å². The number of rotatable bonds is 5. The van der Waals surface area contributed by atoms with E-state index >= 15 is 0 Å². The molecule has 0 spiro atoms. The summed E-state index contributed by atoms with van der Waals surface area (Å²) in [5.41, 5.74) is 1.01. The van der Waals surface area contributed by atoms with Gasteiger partial charge in [-0.15, -0.1) is 0 Å². The van der Waals surface area contributed by atoms with Gasteiger partial charge in [-0.25, -0.2) is 9.18 Å². The Hall–Kier alpha value is -1.62. The lowest BCUT2D eigenvalue weighted by molar-refractivity contribution is 0.126. The van der Waals surface area contributed by atoms with Crippen molar-refractivity contribution in [1.82, 2.24) is 10.2 Å². The summed E-state index contributed by atoms with van der Waals surface area (Å²) in [5, 5.41) is 12.4. The highest BCUT2D eigenvalue weighted by Gasteiger charge is 2.25. The van der Waals surface area contributed by atoms with Crippen LogP contribution >= 0.6 is 0 Å². The van der Waals surface area contributed by atoms with Gasteiger partial charge in [0.05, 0.1) is 0 Å². The van der Waals surface area contributed by atoms with E-state index in [2.05, 4.69) is 19.2 Å². The second kappa shape index (κ2) is 8.29. The molecule has 0 aromatic heterocycles. The number of aliphatic hydroxyl groups is 1. The maximum Gasteiger partial charge on any atom is 0.317 e. The first-order valence-electron chi connectivity index (χ1n) is 8.40. The van der Waals surface area contributed by atoms with Crippen LogP contribution in [0.3, 0.4) is 0 Å². The third-order valence-corrected chi connectivity index (χ3v) is 4.55. The van der Waals surface area contributed by atoms with Crippen LogP contribution in [-0.4, -0.2) is 41.8 Å². The lowest BCUT2D eigenvalue weighted by Crippen LogP contribution is -2.50. The second-order valence-electron chi connectivity index (χ2n) is 6.77. The summed E-state index contributed by atoms with van der Waals surface area (Å²) in [5.74, 6) is 0.216. The van der Waals surface area contributed by atoms with E-state index in [1.54, 1.807) is 17.0 Å². The lowest BCUT2D eigenvalue weighted by atomic mass is 9.96. The van der Waals surface area contributed by atoms with Crippen LogP contribution < -0.4 is 5.32 Å². The largest absolute Gasteiger partial charge is 0.396 e. The number of likely N-dealkylation sites (tertiary alicyclic amines) is 1. The van der Waals surface area contributed by atoms with Gasteiger partial charge in [-0.2, -0.15) is 0 Å². The molecule has 4 nitrogen and oxygen atoms in total. The molecule has 1 aliphatic heterocycles. The normalized spacial score (nSPS) is 19.7. The van der Waals surface area contributed by atoms with E-state index < -0.39 is 0 Å². The number of piperidine rings is 1. The number of benzene rings is 1. The molecule has 0 saturated carbocycles. The smallest absolute Gasteiger partial charge is 0.317 e. The average Bonchev–Trinajstić information content (AvgIpc) is 2.56. The molecule has 1 aromatic rings. The van der Waals surface area contributed by atoms with E-state index in [0.29, 0.717) is 13.0 Å². The molecule has 1 saturated heterocycles. The van der Waals surface area contributed by atoms with Gasteiger partial charge < -0.3 is 15.3 Å². The monoisotopic (exact) mass is 322 g/mol. The molecule has 2 atom stereocenters. The number of nitrogens with zero attached hydrogens (tertiary/aromatic N) is 1.